The van der Waals surface area contributed by atoms with Gasteiger partial charge in [0.15, 0.2) is 0 Å². The predicted octanol–water partition coefficient (Wildman–Crippen LogP) is 4.69. The molecule has 0 aromatic heterocycles. The number of benzene rings is 1. The van der Waals surface area contributed by atoms with E-state index >= 15 is 0 Å². The van der Waals surface area contributed by atoms with Gasteiger partial charge in [-0.1, -0.05) is 50.4 Å². The standard InChI is InChI=1S/C16H26ClNO2/c1-3-5-11-19-13-18(14-20-12-6-4-2)16-10-8-7-9-15(16)17/h7-10H,3-6,11-14H2,1-2H3. The molecule has 0 aliphatic rings. The fraction of sp³-hybridized carbons (Fsp3) is 0.625. The van der Waals surface area contributed by atoms with Gasteiger partial charge in [-0.05, 0) is 25.0 Å². The molecule has 0 N–H and O–H groups in total. The van der Waals surface area contributed by atoms with Crippen LogP contribution in [-0.2, 0) is 9.47 Å². The number of hydrogen-bond acceptors (Lipinski definition) is 3. The van der Waals surface area contributed by atoms with Crippen molar-refractivity contribution in [3.63, 3.8) is 0 Å². The average Bonchev–Trinajstić information content (AvgIpc) is 2.46. The van der Waals surface area contributed by atoms with Crippen LogP contribution in [0.15, 0.2) is 24.3 Å². The van der Waals surface area contributed by atoms with E-state index in [2.05, 4.69) is 13.8 Å². The number of anilines is 1. The van der Waals surface area contributed by atoms with Gasteiger partial charge in [0.25, 0.3) is 0 Å². The number of hydrogen-bond donors (Lipinski definition) is 0. The Hall–Kier alpha value is -0.770. The van der Waals surface area contributed by atoms with Gasteiger partial charge in [-0.3, -0.25) is 0 Å². The van der Waals surface area contributed by atoms with Crippen molar-refractivity contribution in [2.45, 2.75) is 39.5 Å². The Morgan fingerprint density at radius 3 is 2.00 bits per heavy atom. The zero-order chi connectivity index (χ0) is 14.6. The number of rotatable bonds is 11. The first kappa shape index (κ1) is 17.3. The van der Waals surface area contributed by atoms with Gasteiger partial charge in [0.2, 0.25) is 0 Å². The summed E-state index contributed by atoms with van der Waals surface area (Å²) in [6.45, 7) is 6.87. The molecule has 0 aliphatic heterocycles. The van der Waals surface area contributed by atoms with Crippen LogP contribution in [0.2, 0.25) is 5.02 Å². The number of para-hydroxylation sites is 1. The normalized spacial score (nSPS) is 10.8. The minimum absolute atomic E-state index is 0.510. The molecule has 4 heteroatoms. The Bertz CT molecular complexity index is 348. The molecule has 0 saturated heterocycles. The summed E-state index contributed by atoms with van der Waals surface area (Å²) in [5, 5.41) is 0.727. The van der Waals surface area contributed by atoms with Crippen molar-refractivity contribution in [1.82, 2.24) is 0 Å². The highest BCUT2D eigenvalue weighted by molar-refractivity contribution is 6.33. The third kappa shape index (κ3) is 6.60. The minimum atomic E-state index is 0.510. The van der Waals surface area contributed by atoms with Crippen LogP contribution in [0.1, 0.15) is 39.5 Å². The summed E-state index contributed by atoms with van der Waals surface area (Å²) in [5.74, 6) is 0. The van der Waals surface area contributed by atoms with Crippen molar-refractivity contribution < 1.29 is 9.47 Å². The zero-order valence-corrected chi connectivity index (χ0v) is 13.4. The largest absolute Gasteiger partial charge is 0.361 e. The van der Waals surface area contributed by atoms with Crippen molar-refractivity contribution >= 4 is 17.3 Å². The van der Waals surface area contributed by atoms with Crippen LogP contribution in [0.5, 0.6) is 0 Å². The molecule has 0 amide bonds. The summed E-state index contributed by atoms with van der Waals surface area (Å²) < 4.78 is 11.4. The lowest BCUT2D eigenvalue weighted by atomic mass is 10.3. The summed E-state index contributed by atoms with van der Waals surface area (Å²) >= 11 is 6.25. The number of unbranched alkanes of at least 4 members (excludes halogenated alkanes) is 2. The fourth-order valence-corrected chi connectivity index (χ4v) is 1.98. The molecule has 0 heterocycles. The van der Waals surface area contributed by atoms with Gasteiger partial charge in [-0.2, -0.15) is 0 Å². The second-order valence-corrected chi connectivity index (χ2v) is 5.18. The molecule has 0 spiro atoms. The Morgan fingerprint density at radius 2 is 1.50 bits per heavy atom. The van der Waals surface area contributed by atoms with Crippen LogP contribution in [0.4, 0.5) is 5.69 Å². The highest BCUT2D eigenvalue weighted by atomic mass is 35.5. The zero-order valence-electron chi connectivity index (χ0n) is 12.6. The van der Waals surface area contributed by atoms with Crippen molar-refractivity contribution in [2.24, 2.45) is 0 Å². The van der Waals surface area contributed by atoms with E-state index in [1.165, 1.54) is 0 Å². The van der Waals surface area contributed by atoms with E-state index in [-0.39, 0.29) is 0 Å². The van der Waals surface area contributed by atoms with Gasteiger partial charge in [-0.15, -0.1) is 0 Å². The molecular weight excluding hydrogens is 274 g/mol. The van der Waals surface area contributed by atoms with Crippen LogP contribution in [0.3, 0.4) is 0 Å². The van der Waals surface area contributed by atoms with Crippen LogP contribution in [-0.4, -0.2) is 26.7 Å². The van der Waals surface area contributed by atoms with Gasteiger partial charge >= 0.3 is 0 Å². The van der Waals surface area contributed by atoms with Crippen LogP contribution >= 0.6 is 11.6 Å². The second-order valence-electron chi connectivity index (χ2n) is 4.77. The molecule has 0 saturated carbocycles. The predicted molar refractivity (Wildman–Crippen MR) is 85.4 cm³/mol. The first-order chi connectivity index (χ1) is 9.79. The van der Waals surface area contributed by atoms with Gasteiger partial charge in [0.05, 0.1) is 10.7 Å². The average molecular weight is 300 g/mol. The fourth-order valence-electron chi connectivity index (χ4n) is 1.73. The maximum atomic E-state index is 6.25. The van der Waals surface area contributed by atoms with Crippen LogP contribution < -0.4 is 4.90 Å². The van der Waals surface area contributed by atoms with E-state index in [4.69, 9.17) is 21.1 Å². The molecule has 1 rings (SSSR count). The molecule has 1 aromatic carbocycles. The highest BCUT2D eigenvalue weighted by Gasteiger charge is 2.10. The highest BCUT2D eigenvalue weighted by Crippen LogP contribution is 2.25. The number of halogens is 1. The molecule has 3 nitrogen and oxygen atoms in total. The van der Waals surface area contributed by atoms with Gasteiger partial charge in [-0.25, -0.2) is 0 Å². The van der Waals surface area contributed by atoms with Crippen molar-refractivity contribution in [3.8, 4) is 0 Å². The molecular formula is C16H26ClNO2. The molecule has 20 heavy (non-hydrogen) atoms. The Kier molecular flexibility index (Phi) is 9.46. The molecule has 114 valence electrons. The first-order valence-electron chi connectivity index (χ1n) is 7.44. The van der Waals surface area contributed by atoms with Crippen LogP contribution in [0, 0.1) is 0 Å². The van der Waals surface area contributed by atoms with E-state index in [1.807, 2.05) is 29.2 Å². The summed E-state index contributed by atoms with van der Waals surface area (Å²) in [7, 11) is 0. The third-order valence-electron chi connectivity index (χ3n) is 2.97. The molecule has 0 radical (unpaired) electrons. The maximum absolute atomic E-state index is 6.25. The van der Waals surface area contributed by atoms with E-state index in [0.717, 1.165) is 49.6 Å². The lowest BCUT2D eigenvalue weighted by Crippen LogP contribution is -2.29. The minimum Gasteiger partial charge on any atom is -0.361 e. The summed E-state index contributed by atoms with van der Waals surface area (Å²) in [6.07, 6.45) is 4.43. The molecule has 0 unspecified atom stereocenters. The monoisotopic (exact) mass is 299 g/mol. The molecule has 0 fully saturated rings. The van der Waals surface area contributed by atoms with Crippen molar-refractivity contribution in [2.75, 3.05) is 31.6 Å². The van der Waals surface area contributed by atoms with E-state index < -0.39 is 0 Å². The lowest BCUT2D eigenvalue weighted by molar-refractivity contribution is 0.0825. The Balaban J connectivity index is 2.52. The molecule has 0 bridgehead atoms. The van der Waals surface area contributed by atoms with Crippen LogP contribution in [0.25, 0.3) is 0 Å². The number of nitrogens with zero attached hydrogens (tertiary/aromatic N) is 1. The topological polar surface area (TPSA) is 21.7 Å². The quantitative estimate of drug-likeness (QED) is 0.437. The van der Waals surface area contributed by atoms with Crippen molar-refractivity contribution in [1.29, 1.82) is 0 Å². The van der Waals surface area contributed by atoms with E-state index in [0.29, 0.717) is 13.5 Å². The van der Waals surface area contributed by atoms with Gasteiger partial charge in [0.1, 0.15) is 13.5 Å². The summed E-state index contributed by atoms with van der Waals surface area (Å²) in [6, 6.07) is 7.79. The molecule has 1 aromatic rings. The second kappa shape index (κ2) is 11.0. The Morgan fingerprint density at radius 1 is 0.950 bits per heavy atom. The SMILES string of the molecule is CCCCOCN(COCCCC)c1ccccc1Cl. The van der Waals surface area contributed by atoms with Gasteiger partial charge in [0, 0.05) is 13.2 Å². The summed E-state index contributed by atoms with van der Waals surface area (Å²) in [4.78, 5) is 2.04. The van der Waals surface area contributed by atoms with E-state index in [9.17, 15) is 0 Å². The van der Waals surface area contributed by atoms with Gasteiger partial charge < -0.3 is 14.4 Å². The number of ether oxygens (including phenoxy) is 2. The molecule has 0 atom stereocenters. The third-order valence-corrected chi connectivity index (χ3v) is 3.29. The lowest BCUT2D eigenvalue weighted by Gasteiger charge is -2.25. The van der Waals surface area contributed by atoms with Crippen molar-refractivity contribution in [3.05, 3.63) is 29.3 Å². The first-order valence-corrected chi connectivity index (χ1v) is 7.82. The smallest absolute Gasteiger partial charge is 0.120 e. The summed E-state index contributed by atoms with van der Waals surface area (Å²) in [5.41, 5.74) is 0.960. The molecule has 0 aliphatic carbocycles. The maximum Gasteiger partial charge on any atom is 0.120 e. The Labute approximate surface area is 127 Å². The van der Waals surface area contributed by atoms with E-state index in [1.54, 1.807) is 0 Å².